The first-order chi connectivity index (χ1) is 12.1. The summed E-state index contributed by atoms with van der Waals surface area (Å²) in [6.07, 6.45) is 4.57. The average Bonchev–Trinajstić information content (AvgIpc) is 3.26. The third kappa shape index (κ3) is 5.14. The smallest absolute Gasteiger partial charge is 0.287 e. The minimum Gasteiger partial charge on any atom is -0.324 e. The summed E-state index contributed by atoms with van der Waals surface area (Å²) in [7, 11) is 0. The van der Waals surface area contributed by atoms with E-state index >= 15 is 0 Å². The maximum Gasteiger partial charge on any atom is 0.287 e. The van der Waals surface area contributed by atoms with Gasteiger partial charge in [0, 0.05) is 4.47 Å². The Hall–Kier alpha value is -1.70. The van der Waals surface area contributed by atoms with Crippen LogP contribution in [0.15, 0.2) is 40.2 Å². The van der Waals surface area contributed by atoms with Gasteiger partial charge >= 0.3 is 0 Å². The number of hydroxylamine groups is 1. The van der Waals surface area contributed by atoms with E-state index in [-0.39, 0.29) is 24.3 Å². The zero-order valence-corrected chi connectivity index (χ0v) is 16.0. The Balaban J connectivity index is 1.55. The molecule has 0 saturated heterocycles. The van der Waals surface area contributed by atoms with Crippen LogP contribution in [-0.4, -0.2) is 17.9 Å². The molecule has 3 rings (SSSR count). The number of amides is 2. The van der Waals surface area contributed by atoms with Gasteiger partial charge in [-0.1, -0.05) is 40.9 Å². The number of carbonyl (C=O) groups excluding carboxylic acids is 2. The molecule has 132 valence electrons. The highest BCUT2D eigenvalue weighted by atomic mass is 79.9. The number of thiophene rings is 1. The van der Waals surface area contributed by atoms with E-state index in [1.54, 1.807) is 11.4 Å². The quantitative estimate of drug-likeness (QED) is 0.681. The van der Waals surface area contributed by atoms with Gasteiger partial charge in [-0.3, -0.25) is 14.4 Å². The highest BCUT2D eigenvalue weighted by molar-refractivity contribution is 9.10. The Morgan fingerprint density at radius 1 is 1.16 bits per heavy atom. The van der Waals surface area contributed by atoms with Gasteiger partial charge < -0.3 is 5.32 Å². The maximum atomic E-state index is 12.3. The van der Waals surface area contributed by atoms with E-state index in [1.807, 2.05) is 24.3 Å². The average molecular weight is 423 g/mol. The van der Waals surface area contributed by atoms with Crippen molar-refractivity contribution in [1.29, 1.82) is 0 Å². The first-order valence-electron chi connectivity index (χ1n) is 8.19. The lowest BCUT2D eigenvalue weighted by molar-refractivity contribution is -0.115. The van der Waals surface area contributed by atoms with Crippen molar-refractivity contribution in [2.45, 2.75) is 38.2 Å². The monoisotopic (exact) mass is 422 g/mol. The van der Waals surface area contributed by atoms with E-state index in [0.29, 0.717) is 10.6 Å². The van der Waals surface area contributed by atoms with E-state index in [1.165, 1.54) is 11.3 Å². The van der Waals surface area contributed by atoms with Crippen LogP contribution in [0.25, 0.3) is 0 Å². The minimum absolute atomic E-state index is 0.0966. The van der Waals surface area contributed by atoms with Gasteiger partial charge in [0.1, 0.15) is 4.88 Å². The van der Waals surface area contributed by atoms with Gasteiger partial charge in [0.05, 0.1) is 18.2 Å². The van der Waals surface area contributed by atoms with Crippen LogP contribution < -0.4 is 10.8 Å². The fraction of sp³-hybridized carbons (Fsp3) is 0.333. The van der Waals surface area contributed by atoms with Crippen LogP contribution in [0, 0.1) is 0 Å². The molecule has 0 atom stereocenters. The molecule has 2 amide bonds. The van der Waals surface area contributed by atoms with Crippen molar-refractivity contribution in [3.8, 4) is 0 Å². The summed E-state index contributed by atoms with van der Waals surface area (Å²) in [5.74, 6) is -0.479. The van der Waals surface area contributed by atoms with Crippen LogP contribution in [0.5, 0.6) is 0 Å². The Kier molecular flexibility index (Phi) is 6.23. The number of nitrogens with one attached hydrogen (secondary N) is 2. The van der Waals surface area contributed by atoms with E-state index in [2.05, 4.69) is 26.7 Å². The molecule has 25 heavy (non-hydrogen) atoms. The maximum absolute atomic E-state index is 12.3. The Morgan fingerprint density at radius 2 is 1.88 bits per heavy atom. The summed E-state index contributed by atoms with van der Waals surface area (Å²) in [5.41, 5.74) is 3.93. The van der Waals surface area contributed by atoms with Crippen LogP contribution in [0.3, 0.4) is 0 Å². The summed E-state index contributed by atoms with van der Waals surface area (Å²) < 4.78 is 0.968. The third-order valence-corrected chi connectivity index (χ3v) is 5.49. The fourth-order valence-corrected chi connectivity index (χ4v) is 3.75. The van der Waals surface area contributed by atoms with Crippen molar-refractivity contribution in [3.63, 3.8) is 0 Å². The molecule has 1 aliphatic carbocycles. The number of halogens is 1. The zero-order valence-electron chi connectivity index (χ0n) is 13.6. The summed E-state index contributed by atoms with van der Waals surface area (Å²) in [6.45, 7) is 0. The van der Waals surface area contributed by atoms with Gasteiger partial charge in [-0.25, -0.2) is 5.48 Å². The molecular formula is C18H19BrN2O3S. The molecule has 2 N–H and O–H groups in total. The van der Waals surface area contributed by atoms with Crippen LogP contribution in [0.1, 0.15) is 40.9 Å². The van der Waals surface area contributed by atoms with E-state index in [4.69, 9.17) is 4.84 Å². The van der Waals surface area contributed by atoms with Crippen molar-refractivity contribution in [2.75, 3.05) is 5.32 Å². The lowest BCUT2D eigenvalue weighted by Gasteiger charge is -2.12. The standard InChI is InChI=1S/C18H19BrN2O3S/c19-13-7-5-12(6-8-13)11-16(22)20-15-9-10-25-17(15)18(23)21-24-14-3-1-2-4-14/h5-10,14H,1-4,11H2,(H,20,22)(H,21,23). The first-order valence-corrected chi connectivity index (χ1v) is 9.87. The van der Waals surface area contributed by atoms with Crippen LogP contribution in [0.2, 0.25) is 0 Å². The van der Waals surface area contributed by atoms with Crippen LogP contribution in [0.4, 0.5) is 5.69 Å². The molecule has 5 nitrogen and oxygen atoms in total. The third-order valence-electron chi connectivity index (χ3n) is 4.04. The molecule has 1 heterocycles. The van der Waals surface area contributed by atoms with Gasteiger partial charge in [-0.2, -0.15) is 0 Å². The van der Waals surface area contributed by atoms with E-state index in [9.17, 15) is 9.59 Å². The molecule has 2 aromatic rings. The van der Waals surface area contributed by atoms with Crippen molar-refractivity contribution >= 4 is 44.8 Å². The second-order valence-electron chi connectivity index (χ2n) is 5.97. The van der Waals surface area contributed by atoms with Crippen molar-refractivity contribution in [3.05, 3.63) is 50.6 Å². The van der Waals surface area contributed by atoms with Crippen molar-refractivity contribution < 1.29 is 14.4 Å². The Labute approximate surface area is 158 Å². The molecule has 1 aromatic heterocycles. The highest BCUT2D eigenvalue weighted by Crippen LogP contribution is 2.24. The summed E-state index contributed by atoms with van der Waals surface area (Å²) >= 11 is 4.65. The highest BCUT2D eigenvalue weighted by Gasteiger charge is 2.20. The van der Waals surface area contributed by atoms with Crippen molar-refractivity contribution in [2.24, 2.45) is 0 Å². The van der Waals surface area contributed by atoms with E-state index < -0.39 is 0 Å². The number of carbonyl (C=O) groups is 2. The molecule has 0 aliphatic heterocycles. The van der Waals surface area contributed by atoms with Crippen LogP contribution in [-0.2, 0) is 16.1 Å². The molecule has 7 heteroatoms. The second kappa shape index (κ2) is 8.60. The molecule has 0 spiro atoms. The lowest BCUT2D eigenvalue weighted by Crippen LogP contribution is -2.28. The Morgan fingerprint density at radius 3 is 2.60 bits per heavy atom. The second-order valence-corrected chi connectivity index (χ2v) is 7.80. The number of hydrogen-bond donors (Lipinski definition) is 2. The van der Waals surface area contributed by atoms with Crippen LogP contribution >= 0.6 is 27.3 Å². The topological polar surface area (TPSA) is 67.4 Å². The number of benzene rings is 1. The van der Waals surface area contributed by atoms with Gasteiger partial charge in [0.15, 0.2) is 0 Å². The largest absolute Gasteiger partial charge is 0.324 e. The Bertz CT molecular complexity index is 739. The molecule has 1 aliphatic rings. The lowest BCUT2D eigenvalue weighted by atomic mass is 10.1. The molecular weight excluding hydrogens is 404 g/mol. The van der Waals surface area contributed by atoms with Gasteiger partial charge in [0.25, 0.3) is 5.91 Å². The minimum atomic E-state index is -0.319. The zero-order chi connectivity index (χ0) is 17.6. The summed E-state index contributed by atoms with van der Waals surface area (Å²) in [4.78, 5) is 30.4. The number of hydrogen-bond acceptors (Lipinski definition) is 4. The molecule has 1 aromatic carbocycles. The van der Waals surface area contributed by atoms with E-state index in [0.717, 1.165) is 35.7 Å². The molecule has 1 saturated carbocycles. The molecule has 1 fully saturated rings. The number of rotatable bonds is 6. The molecule has 0 radical (unpaired) electrons. The summed E-state index contributed by atoms with van der Waals surface area (Å²) in [5, 5.41) is 4.58. The van der Waals surface area contributed by atoms with Gasteiger partial charge in [-0.15, -0.1) is 11.3 Å². The first kappa shape index (κ1) is 18.1. The fourth-order valence-electron chi connectivity index (χ4n) is 2.75. The predicted molar refractivity (Wildman–Crippen MR) is 102 cm³/mol. The predicted octanol–water partition coefficient (Wildman–Crippen LogP) is 4.30. The van der Waals surface area contributed by atoms with Gasteiger partial charge in [0.2, 0.25) is 5.91 Å². The number of anilines is 1. The normalized spacial score (nSPS) is 14.4. The molecule has 0 unspecified atom stereocenters. The SMILES string of the molecule is O=C(Cc1ccc(Br)cc1)Nc1ccsc1C(=O)NOC1CCCC1. The molecule has 0 bridgehead atoms. The van der Waals surface area contributed by atoms with Crippen molar-refractivity contribution in [1.82, 2.24) is 5.48 Å². The van der Waals surface area contributed by atoms with Gasteiger partial charge in [-0.05, 0) is 42.0 Å². The summed E-state index contributed by atoms with van der Waals surface area (Å²) in [6, 6.07) is 9.30.